The fourth-order valence-electron chi connectivity index (χ4n) is 2.35. The number of nitrogens with zero attached hydrogens (tertiary/aromatic N) is 1. The highest BCUT2D eigenvalue weighted by molar-refractivity contribution is 5.97. The molecule has 4 amide bonds. The fourth-order valence-corrected chi connectivity index (χ4v) is 2.35. The SMILES string of the molecule is C[C@@H](NC(=O)CCC(=O)O)C(=O)NCCC(=O)N[C@H](C)C(=O)Nc1ccc([N+](=O)[O-])cc1. The first-order valence-corrected chi connectivity index (χ1v) is 9.63. The highest BCUT2D eigenvalue weighted by atomic mass is 16.6. The summed E-state index contributed by atoms with van der Waals surface area (Å²) in [5.41, 5.74) is 0.203. The number of nitro groups is 1. The number of nitro benzene ring substituents is 1. The van der Waals surface area contributed by atoms with Crippen molar-refractivity contribution in [1.29, 1.82) is 0 Å². The zero-order valence-corrected chi connectivity index (χ0v) is 17.5. The van der Waals surface area contributed by atoms with Crippen molar-refractivity contribution in [2.45, 2.75) is 45.2 Å². The monoisotopic (exact) mass is 451 g/mol. The van der Waals surface area contributed by atoms with Crippen LogP contribution in [-0.4, -0.2) is 58.3 Å². The maximum atomic E-state index is 12.1. The van der Waals surface area contributed by atoms with Gasteiger partial charge in [-0.1, -0.05) is 0 Å². The van der Waals surface area contributed by atoms with E-state index < -0.39 is 46.6 Å². The van der Waals surface area contributed by atoms with Crippen molar-refractivity contribution in [2.75, 3.05) is 11.9 Å². The van der Waals surface area contributed by atoms with Gasteiger partial charge in [-0.25, -0.2) is 0 Å². The predicted octanol–water partition coefficient (Wildman–Crippen LogP) is -0.0862. The van der Waals surface area contributed by atoms with Gasteiger partial charge in [0, 0.05) is 37.2 Å². The summed E-state index contributed by atoms with van der Waals surface area (Å²) in [5, 5.41) is 28.9. The molecule has 0 heterocycles. The minimum absolute atomic E-state index is 0.0449. The second-order valence-corrected chi connectivity index (χ2v) is 6.81. The van der Waals surface area contributed by atoms with Gasteiger partial charge in [0.05, 0.1) is 11.3 Å². The number of non-ortho nitro benzene ring substituents is 1. The average Bonchev–Trinajstić information content (AvgIpc) is 2.72. The molecule has 5 N–H and O–H groups in total. The lowest BCUT2D eigenvalue weighted by molar-refractivity contribution is -0.384. The van der Waals surface area contributed by atoms with E-state index in [1.807, 2.05) is 0 Å². The van der Waals surface area contributed by atoms with Crippen LogP contribution >= 0.6 is 0 Å². The van der Waals surface area contributed by atoms with Crippen molar-refractivity contribution in [3.05, 3.63) is 34.4 Å². The van der Waals surface area contributed by atoms with E-state index in [4.69, 9.17) is 5.11 Å². The number of carboxylic acids is 1. The summed E-state index contributed by atoms with van der Waals surface area (Å²) < 4.78 is 0. The Hall–Kier alpha value is -4.03. The van der Waals surface area contributed by atoms with Crippen LogP contribution in [0.25, 0.3) is 0 Å². The van der Waals surface area contributed by atoms with Gasteiger partial charge in [-0.2, -0.15) is 0 Å². The minimum Gasteiger partial charge on any atom is -0.481 e. The van der Waals surface area contributed by atoms with Crippen molar-refractivity contribution in [3.63, 3.8) is 0 Å². The van der Waals surface area contributed by atoms with Gasteiger partial charge in [-0.3, -0.25) is 34.1 Å². The molecule has 0 aliphatic carbocycles. The number of carbonyl (C=O) groups is 5. The molecule has 1 aromatic carbocycles. The number of carbonyl (C=O) groups excluding carboxylic acids is 4. The van der Waals surface area contributed by atoms with Crippen LogP contribution in [0.5, 0.6) is 0 Å². The van der Waals surface area contributed by atoms with E-state index in [1.165, 1.54) is 38.1 Å². The van der Waals surface area contributed by atoms with Gasteiger partial charge in [0.25, 0.3) is 5.69 Å². The number of hydrogen-bond donors (Lipinski definition) is 5. The van der Waals surface area contributed by atoms with Crippen LogP contribution < -0.4 is 21.3 Å². The normalized spacial score (nSPS) is 12.1. The average molecular weight is 451 g/mol. The van der Waals surface area contributed by atoms with E-state index in [9.17, 15) is 34.1 Å². The molecule has 0 spiro atoms. The molecule has 2 atom stereocenters. The Morgan fingerprint density at radius 3 is 1.97 bits per heavy atom. The lowest BCUT2D eigenvalue weighted by atomic mass is 10.2. The molecule has 0 saturated heterocycles. The lowest BCUT2D eigenvalue weighted by Crippen LogP contribution is -2.46. The lowest BCUT2D eigenvalue weighted by Gasteiger charge is -2.15. The number of anilines is 1. The third-order valence-electron chi connectivity index (χ3n) is 4.10. The first-order valence-electron chi connectivity index (χ1n) is 9.63. The van der Waals surface area contributed by atoms with Crippen LogP contribution in [0.15, 0.2) is 24.3 Å². The van der Waals surface area contributed by atoms with Crippen LogP contribution in [-0.2, 0) is 24.0 Å². The number of benzene rings is 1. The summed E-state index contributed by atoms with van der Waals surface area (Å²) >= 11 is 0. The topological polar surface area (TPSA) is 197 Å². The molecule has 32 heavy (non-hydrogen) atoms. The number of hydrogen-bond acceptors (Lipinski definition) is 7. The third kappa shape index (κ3) is 9.65. The highest BCUT2D eigenvalue weighted by Crippen LogP contribution is 2.15. The van der Waals surface area contributed by atoms with E-state index in [0.29, 0.717) is 5.69 Å². The Morgan fingerprint density at radius 2 is 1.44 bits per heavy atom. The summed E-state index contributed by atoms with van der Waals surface area (Å²) in [6, 6.07) is 3.38. The smallest absolute Gasteiger partial charge is 0.303 e. The highest BCUT2D eigenvalue weighted by Gasteiger charge is 2.18. The number of aliphatic carboxylic acids is 1. The van der Waals surface area contributed by atoms with Gasteiger partial charge in [-0.05, 0) is 26.0 Å². The van der Waals surface area contributed by atoms with Crippen molar-refractivity contribution in [3.8, 4) is 0 Å². The summed E-state index contributed by atoms with van der Waals surface area (Å²) in [6.45, 7) is 2.82. The molecule has 0 aliphatic heterocycles. The predicted molar refractivity (Wildman–Crippen MR) is 111 cm³/mol. The molecule has 1 aromatic rings. The van der Waals surface area contributed by atoms with Crippen LogP contribution in [0.1, 0.15) is 33.1 Å². The molecule has 0 saturated carbocycles. The molecule has 0 unspecified atom stereocenters. The second-order valence-electron chi connectivity index (χ2n) is 6.81. The third-order valence-corrected chi connectivity index (χ3v) is 4.10. The summed E-state index contributed by atoms with van der Waals surface area (Å²) in [6.07, 6.45) is -0.730. The molecular weight excluding hydrogens is 426 g/mol. The van der Waals surface area contributed by atoms with E-state index in [-0.39, 0.29) is 31.5 Å². The Kier molecular flexibility index (Phi) is 10.3. The van der Waals surface area contributed by atoms with Crippen LogP contribution in [0.3, 0.4) is 0 Å². The van der Waals surface area contributed by atoms with E-state index in [1.54, 1.807) is 0 Å². The Morgan fingerprint density at radius 1 is 0.906 bits per heavy atom. The maximum Gasteiger partial charge on any atom is 0.303 e. The number of nitrogens with one attached hydrogen (secondary N) is 4. The quantitative estimate of drug-likeness (QED) is 0.215. The Labute approximate surface area is 183 Å². The molecule has 0 aliphatic rings. The largest absolute Gasteiger partial charge is 0.481 e. The van der Waals surface area contributed by atoms with E-state index in [0.717, 1.165) is 0 Å². The van der Waals surface area contributed by atoms with Crippen LogP contribution in [0.2, 0.25) is 0 Å². The summed E-state index contributed by atoms with van der Waals surface area (Å²) in [4.78, 5) is 68.0. The first kappa shape index (κ1) is 26.0. The fraction of sp³-hybridized carbons (Fsp3) is 0.421. The number of rotatable bonds is 12. The molecule has 0 radical (unpaired) electrons. The van der Waals surface area contributed by atoms with Gasteiger partial charge in [0.1, 0.15) is 12.1 Å². The Balaban J connectivity index is 2.34. The Bertz CT molecular complexity index is 871. The van der Waals surface area contributed by atoms with Gasteiger partial charge in [-0.15, -0.1) is 0 Å². The van der Waals surface area contributed by atoms with Crippen LogP contribution in [0, 0.1) is 10.1 Å². The van der Waals surface area contributed by atoms with Crippen molar-refractivity contribution < 1.29 is 34.0 Å². The van der Waals surface area contributed by atoms with E-state index >= 15 is 0 Å². The number of amides is 4. The van der Waals surface area contributed by atoms with Gasteiger partial charge in [0.15, 0.2) is 0 Å². The molecule has 13 heteroatoms. The van der Waals surface area contributed by atoms with E-state index in [2.05, 4.69) is 21.3 Å². The zero-order chi connectivity index (χ0) is 24.3. The summed E-state index contributed by atoms with van der Waals surface area (Å²) in [7, 11) is 0. The standard InChI is InChI=1S/C19H25N5O8/c1-11(21-15(25)7-8-17(27)28)18(29)20-10-9-16(26)22-12(2)19(30)23-13-3-5-14(6-4-13)24(31)32/h3-6,11-12H,7-10H2,1-2H3,(H,20,29)(H,21,25)(H,22,26)(H,23,30)(H,27,28)/t11-,12-/m1/s1. The van der Waals surface area contributed by atoms with Crippen molar-refractivity contribution in [1.82, 2.24) is 16.0 Å². The van der Waals surface area contributed by atoms with Gasteiger partial charge < -0.3 is 26.4 Å². The van der Waals surface area contributed by atoms with Crippen molar-refractivity contribution >= 4 is 41.0 Å². The second kappa shape index (κ2) is 12.6. The van der Waals surface area contributed by atoms with Crippen molar-refractivity contribution in [2.24, 2.45) is 0 Å². The number of carboxylic acid groups (broad SMARTS) is 1. The van der Waals surface area contributed by atoms with Gasteiger partial charge in [0.2, 0.25) is 23.6 Å². The molecule has 13 nitrogen and oxygen atoms in total. The molecule has 0 aromatic heterocycles. The molecule has 0 bridgehead atoms. The maximum absolute atomic E-state index is 12.1. The molecule has 1 rings (SSSR count). The molecular formula is C19H25N5O8. The molecule has 174 valence electrons. The first-order chi connectivity index (χ1) is 15.0. The minimum atomic E-state index is -1.13. The summed E-state index contributed by atoms with van der Waals surface area (Å²) in [5.74, 6) is -3.30. The zero-order valence-electron chi connectivity index (χ0n) is 17.5. The van der Waals surface area contributed by atoms with Gasteiger partial charge >= 0.3 is 5.97 Å². The molecule has 0 fully saturated rings. The van der Waals surface area contributed by atoms with Crippen LogP contribution in [0.4, 0.5) is 11.4 Å².